The van der Waals surface area contributed by atoms with Crippen molar-refractivity contribution in [2.75, 3.05) is 6.54 Å². The first-order chi connectivity index (χ1) is 16.2. The molecule has 1 saturated heterocycles. The van der Waals surface area contributed by atoms with Crippen molar-refractivity contribution in [3.63, 3.8) is 0 Å². The Morgan fingerprint density at radius 2 is 1.91 bits per heavy atom. The summed E-state index contributed by atoms with van der Waals surface area (Å²) in [6.07, 6.45) is 4.51. The fraction of sp³-hybridized carbons (Fsp3) is 0.321. The molecule has 174 valence electrons. The summed E-state index contributed by atoms with van der Waals surface area (Å²) in [7, 11) is 0. The van der Waals surface area contributed by atoms with Crippen LogP contribution in [0.4, 0.5) is 4.79 Å². The predicted octanol–water partition coefficient (Wildman–Crippen LogP) is 5.80. The van der Waals surface area contributed by atoms with E-state index in [2.05, 4.69) is 23.2 Å². The molecule has 2 aliphatic rings. The van der Waals surface area contributed by atoms with E-state index in [9.17, 15) is 10.1 Å². The maximum atomic E-state index is 13.3. The van der Waals surface area contributed by atoms with Crippen LogP contribution in [0.25, 0.3) is 0 Å². The number of hydrogen-bond donors (Lipinski definition) is 1. The van der Waals surface area contributed by atoms with Crippen molar-refractivity contribution < 1.29 is 9.53 Å². The van der Waals surface area contributed by atoms with Crippen molar-refractivity contribution in [2.24, 2.45) is 10.5 Å². The molecular weight excluding hydrogens is 424 g/mol. The Bertz CT molecular complexity index is 1180. The van der Waals surface area contributed by atoms with E-state index in [1.807, 2.05) is 87.5 Å². The topological polar surface area (TPSA) is 77.7 Å². The number of amides is 1. The number of nitriles is 1. The van der Waals surface area contributed by atoms with Crippen molar-refractivity contribution in [3.05, 3.63) is 95.7 Å². The standard InChI is InChI=1S/C28H30N4O2/c1-20-10-15-25(31-30-20)23-13-11-22(12-14-23)21(2)32-17-16-28(34-26(32)33,18-27(3,4)19-29)24-8-6-5-7-9-24/h5-15,21,30H,1,16-18H2,2-4H3/t21-,28-/m0/s1. The van der Waals surface area contributed by atoms with Gasteiger partial charge in [0, 0.05) is 30.6 Å². The molecule has 0 aliphatic carbocycles. The van der Waals surface area contributed by atoms with Crippen LogP contribution in [0.3, 0.4) is 0 Å². The molecule has 2 aromatic rings. The lowest BCUT2D eigenvalue weighted by Gasteiger charge is -2.45. The SMILES string of the molecule is C=C1C=CC(c2ccc([C@H](C)N3CC[C@](CC(C)(C)C#N)(c4ccccc4)OC3=O)cc2)=NN1. The highest BCUT2D eigenvalue weighted by Gasteiger charge is 2.46. The van der Waals surface area contributed by atoms with Gasteiger partial charge < -0.3 is 9.64 Å². The predicted molar refractivity (Wildman–Crippen MR) is 133 cm³/mol. The minimum atomic E-state index is -0.819. The Morgan fingerprint density at radius 3 is 2.50 bits per heavy atom. The van der Waals surface area contributed by atoms with Crippen LogP contribution in [0.15, 0.2) is 84.1 Å². The van der Waals surface area contributed by atoms with Crippen LogP contribution in [0, 0.1) is 16.7 Å². The highest BCUT2D eigenvalue weighted by molar-refractivity contribution is 6.09. The molecule has 1 amide bonds. The number of nitrogens with zero attached hydrogens (tertiary/aromatic N) is 3. The van der Waals surface area contributed by atoms with Gasteiger partial charge in [-0.2, -0.15) is 10.4 Å². The smallest absolute Gasteiger partial charge is 0.411 e. The zero-order valence-electron chi connectivity index (χ0n) is 19.9. The Hall–Kier alpha value is -3.85. The van der Waals surface area contributed by atoms with Crippen LogP contribution in [0.1, 0.15) is 56.3 Å². The molecule has 2 aromatic carbocycles. The maximum Gasteiger partial charge on any atom is 0.411 e. The van der Waals surface area contributed by atoms with E-state index >= 15 is 0 Å². The molecule has 1 fully saturated rings. The van der Waals surface area contributed by atoms with E-state index in [1.165, 1.54) is 0 Å². The normalized spacial score (nSPS) is 21.2. The zero-order valence-corrected chi connectivity index (χ0v) is 19.9. The number of nitrogens with one attached hydrogen (secondary N) is 1. The second-order valence-electron chi connectivity index (χ2n) is 9.61. The lowest BCUT2D eigenvalue weighted by molar-refractivity contribution is -0.0770. The quantitative estimate of drug-likeness (QED) is 0.598. The number of hydrogen-bond acceptors (Lipinski definition) is 5. The Kier molecular flexibility index (Phi) is 6.30. The molecule has 2 heterocycles. The van der Waals surface area contributed by atoms with Crippen LogP contribution < -0.4 is 5.43 Å². The molecule has 2 aliphatic heterocycles. The number of rotatable bonds is 6. The monoisotopic (exact) mass is 454 g/mol. The first kappa shape index (κ1) is 23.3. The van der Waals surface area contributed by atoms with Gasteiger partial charge in [0.25, 0.3) is 0 Å². The number of benzene rings is 2. The minimum absolute atomic E-state index is 0.152. The summed E-state index contributed by atoms with van der Waals surface area (Å²) < 4.78 is 6.17. The molecule has 4 rings (SSSR count). The summed E-state index contributed by atoms with van der Waals surface area (Å²) in [6, 6.07) is 20.0. The van der Waals surface area contributed by atoms with E-state index < -0.39 is 11.0 Å². The molecule has 0 unspecified atom stereocenters. The van der Waals surface area contributed by atoms with Crippen LogP contribution in [-0.2, 0) is 10.3 Å². The van der Waals surface area contributed by atoms with Gasteiger partial charge in [-0.1, -0.05) is 61.2 Å². The van der Waals surface area contributed by atoms with Gasteiger partial charge >= 0.3 is 6.09 Å². The van der Waals surface area contributed by atoms with Gasteiger partial charge in [0.2, 0.25) is 0 Å². The van der Waals surface area contributed by atoms with Gasteiger partial charge in [0.1, 0.15) is 5.60 Å². The van der Waals surface area contributed by atoms with E-state index in [1.54, 1.807) is 4.90 Å². The van der Waals surface area contributed by atoms with Crippen molar-refractivity contribution >= 4 is 11.8 Å². The van der Waals surface area contributed by atoms with Crippen LogP contribution >= 0.6 is 0 Å². The van der Waals surface area contributed by atoms with Gasteiger partial charge in [-0.15, -0.1) is 0 Å². The summed E-state index contributed by atoms with van der Waals surface area (Å²) >= 11 is 0. The molecule has 0 spiro atoms. The summed E-state index contributed by atoms with van der Waals surface area (Å²) in [6.45, 7) is 10.1. The third-order valence-corrected chi connectivity index (χ3v) is 6.52. The highest BCUT2D eigenvalue weighted by atomic mass is 16.6. The van der Waals surface area contributed by atoms with E-state index in [4.69, 9.17) is 4.74 Å². The highest BCUT2D eigenvalue weighted by Crippen LogP contribution is 2.44. The van der Waals surface area contributed by atoms with Gasteiger partial charge in [-0.25, -0.2) is 4.79 Å². The summed E-state index contributed by atoms with van der Waals surface area (Å²) in [5, 5.41) is 14.0. The summed E-state index contributed by atoms with van der Waals surface area (Å²) in [5.74, 6) is 0. The molecule has 0 saturated carbocycles. The summed E-state index contributed by atoms with van der Waals surface area (Å²) in [5.41, 5.74) is 5.95. The first-order valence-corrected chi connectivity index (χ1v) is 11.5. The molecule has 6 nitrogen and oxygen atoms in total. The second-order valence-corrected chi connectivity index (χ2v) is 9.61. The molecule has 1 N–H and O–H groups in total. The molecular formula is C28H30N4O2. The fourth-order valence-electron chi connectivity index (χ4n) is 4.61. The van der Waals surface area contributed by atoms with Crippen LogP contribution in [0.5, 0.6) is 0 Å². The lowest BCUT2D eigenvalue weighted by Crippen LogP contribution is -2.50. The number of allylic oxidation sites excluding steroid dienone is 2. The number of carbonyl (C=O) groups excluding carboxylic acids is 1. The van der Waals surface area contributed by atoms with Crippen LogP contribution in [-0.4, -0.2) is 23.2 Å². The van der Waals surface area contributed by atoms with E-state index in [0.717, 1.165) is 28.1 Å². The Balaban J connectivity index is 1.53. The zero-order chi connectivity index (χ0) is 24.3. The molecule has 34 heavy (non-hydrogen) atoms. The second kappa shape index (κ2) is 9.18. The van der Waals surface area contributed by atoms with E-state index in [0.29, 0.717) is 19.4 Å². The maximum absolute atomic E-state index is 13.3. The third-order valence-electron chi connectivity index (χ3n) is 6.52. The first-order valence-electron chi connectivity index (χ1n) is 11.5. The largest absolute Gasteiger partial charge is 0.438 e. The Morgan fingerprint density at radius 1 is 1.21 bits per heavy atom. The van der Waals surface area contributed by atoms with Crippen molar-refractivity contribution in [1.29, 1.82) is 5.26 Å². The van der Waals surface area contributed by atoms with Gasteiger partial charge in [-0.05, 0) is 44.1 Å². The third kappa shape index (κ3) is 4.74. The average Bonchev–Trinajstić information content (AvgIpc) is 2.85. The average molecular weight is 455 g/mol. The van der Waals surface area contributed by atoms with Gasteiger partial charge in [0.05, 0.1) is 23.2 Å². The van der Waals surface area contributed by atoms with Crippen molar-refractivity contribution in [3.8, 4) is 6.07 Å². The molecule has 6 heteroatoms. The van der Waals surface area contributed by atoms with Crippen molar-refractivity contribution in [1.82, 2.24) is 10.3 Å². The number of ether oxygens (including phenoxy) is 1. The van der Waals surface area contributed by atoms with Gasteiger partial charge in [-0.3, -0.25) is 5.43 Å². The van der Waals surface area contributed by atoms with Crippen LogP contribution in [0.2, 0.25) is 0 Å². The molecule has 2 atom stereocenters. The number of hydrazone groups is 1. The molecule has 0 aromatic heterocycles. The number of cyclic esters (lactones) is 1. The molecule has 0 bridgehead atoms. The lowest BCUT2D eigenvalue weighted by atomic mass is 9.75. The van der Waals surface area contributed by atoms with E-state index in [-0.39, 0.29) is 12.1 Å². The fourth-order valence-corrected chi connectivity index (χ4v) is 4.61. The molecule has 0 radical (unpaired) electrons. The Labute approximate surface area is 201 Å². The number of carbonyl (C=O) groups is 1. The minimum Gasteiger partial charge on any atom is -0.438 e. The van der Waals surface area contributed by atoms with Crippen molar-refractivity contribution in [2.45, 2.75) is 45.3 Å². The van der Waals surface area contributed by atoms with Gasteiger partial charge in [0.15, 0.2) is 0 Å². The summed E-state index contributed by atoms with van der Waals surface area (Å²) in [4.78, 5) is 15.1.